The molecule has 20 heavy (non-hydrogen) atoms. The number of hydrogen-bond acceptors (Lipinski definition) is 2. The van der Waals surface area contributed by atoms with E-state index in [-0.39, 0.29) is 11.5 Å². The Morgan fingerprint density at radius 1 is 1.05 bits per heavy atom. The number of amides is 1. The first-order valence-corrected chi connectivity index (χ1v) is 6.67. The number of rotatable bonds is 3. The second-order valence-corrected chi connectivity index (χ2v) is 5.15. The number of benzene rings is 2. The molecule has 102 valence electrons. The molecule has 1 amide bonds. The van der Waals surface area contributed by atoms with Crippen LogP contribution in [0.5, 0.6) is 0 Å². The number of hydrogen-bond donors (Lipinski definition) is 2. The normalized spacial score (nSPS) is 10.1. The first-order chi connectivity index (χ1) is 9.47. The van der Waals surface area contributed by atoms with Crippen molar-refractivity contribution in [1.82, 2.24) is 0 Å². The topological polar surface area (TPSA) is 66.4 Å². The zero-order valence-electron chi connectivity index (χ0n) is 10.7. The van der Waals surface area contributed by atoms with Crippen LogP contribution in [-0.4, -0.2) is 17.0 Å². The molecule has 0 aliphatic carbocycles. The smallest absolute Gasteiger partial charge is 0.335 e. The third kappa shape index (κ3) is 3.24. The Morgan fingerprint density at radius 2 is 1.65 bits per heavy atom. The van der Waals surface area contributed by atoms with Crippen LogP contribution in [0.15, 0.2) is 46.9 Å². The fourth-order valence-corrected chi connectivity index (χ4v) is 2.02. The highest BCUT2D eigenvalue weighted by Crippen LogP contribution is 2.21. The zero-order chi connectivity index (χ0) is 14.7. The van der Waals surface area contributed by atoms with Crippen LogP contribution in [0.25, 0.3) is 0 Å². The van der Waals surface area contributed by atoms with E-state index in [0.717, 1.165) is 10.0 Å². The van der Waals surface area contributed by atoms with Crippen molar-refractivity contribution >= 4 is 33.5 Å². The Hall–Kier alpha value is -2.14. The van der Waals surface area contributed by atoms with Crippen molar-refractivity contribution in [3.63, 3.8) is 0 Å². The molecular formula is C15H12BrNO3. The van der Waals surface area contributed by atoms with Gasteiger partial charge in [-0.2, -0.15) is 0 Å². The van der Waals surface area contributed by atoms with Crippen molar-refractivity contribution in [1.29, 1.82) is 0 Å². The summed E-state index contributed by atoms with van der Waals surface area (Å²) < 4.78 is 0.913. The van der Waals surface area contributed by atoms with E-state index in [2.05, 4.69) is 21.2 Å². The molecule has 0 spiro atoms. The number of aromatic carboxylic acids is 1. The van der Waals surface area contributed by atoms with Gasteiger partial charge in [-0.15, -0.1) is 0 Å². The SMILES string of the molecule is Cc1ccc(NC(=O)c2ccc(C(=O)O)cc2)cc1Br. The molecule has 0 atom stereocenters. The number of aryl methyl sites for hydroxylation is 1. The number of anilines is 1. The van der Waals surface area contributed by atoms with Crippen molar-refractivity contribution < 1.29 is 14.7 Å². The maximum atomic E-state index is 12.0. The first kappa shape index (κ1) is 14.3. The van der Waals surface area contributed by atoms with Gasteiger partial charge in [0.05, 0.1) is 5.56 Å². The summed E-state index contributed by atoms with van der Waals surface area (Å²) in [5, 5.41) is 11.6. The van der Waals surface area contributed by atoms with Crippen molar-refractivity contribution in [2.75, 3.05) is 5.32 Å². The minimum absolute atomic E-state index is 0.152. The van der Waals surface area contributed by atoms with Gasteiger partial charge in [-0.05, 0) is 48.9 Å². The molecule has 2 rings (SSSR count). The minimum Gasteiger partial charge on any atom is -0.478 e. The number of carboxylic acids is 1. The third-order valence-corrected chi connectivity index (χ3v) is 3.68. The molecule has 4 nitrogen and oxygen atoms in total. The Morgan fingerprint density at radius 3 is 2.20 bits per heavy atom. The van der Waals surface area contributed by atoms with Crippen LogP contribution >= 0.6 is 15.9 Å². The summed E-state index contributed by atoms with van der Waals surface area (Å²) in [6.45, 7) is 1.96. The standard InChI is InChI=1S/C15H12BrNO3/c1-9-2-7-12(8-13(9)16)17-14(18)10-3-5-11(6-4-10)15(19)20/h2-8H,1H3,(H,17,18)(H,19,20). The molecule has 0 saturated carbocycles. The van der Waals surface area contributed by atoms with Crippen LogP contribution < -0.4 is 5.32 Å². The lowest BCUT2D eigenvalue weighted by Gasteiger charge is -2.07. The summed E-state index contributed by atoms with van der Waals surface area (Å²) in [6.07, 6.45) is 0. The van der Waals surface area contributed by atoms with Crippen LogP contribution in [0.3, 0.4) is 0 Å². The monoisotopic (exact) mass is 333 g/mol. The molecular weight excluding hydrogens is 322 g/mol. The van der Waals surface area contributed by atoms with E-state index < -0.39 is 5.97 Å². The Kier molecular flexibility index (Phi) is 4.20. The summed E-state index contributed by atoms with van der Waals surface area (Å²) >= 11 is 3.40. The van der Waals surface area contributed by atoms with Crippen molar-refractivity contribution in [2.24, 2.45) is 0 Å². The van der Waals surface area contributed by atoms with Gasteiger partial charge in [0.1, 0.15) is 0 Å². The molecule has 0 heterocycles. The third-order valence-electron chi connectivity index (χ3n) is 2.82. The van der Waals surface area contributed by atoms with Crippen molar-refractivity contribution in [3.05, 3.63) is 63.6 Å². The summed E-state index contributed by atoms with van der Waals surface area (Å²) in [6, 6.07) is 11.3. The molecule has 0 aliphatic rings. The van der Waals surface area contributed by atoms with E-state index in [9.17, 15) is 9.59 Å². The fourth-order valence-electron chi connectivity index (χ4n) is 1.64. The zero-order valence-corrected chi connectivity index (χ0v) is 12.3. The van der Waals surface area contributed by atoms with Gasteiger partial charge < -0.3 is 10.4 Å². The summed E-state index contributed by atoms with van der Waals surface area (Å²) in [5.74, 6) is -1.29. The first-order valence-electron chi connectivity index (χ1n) is 5.88. The summed E-state index contributed by atoms with van der Waals surface area (Å²) in [7, 11) is 0. The predicted octanol–water partition coefficient (Wildman–Crippen LogP) is 3.71. The van der Waals surface area contributed by atoms with Crippen LogP contribution in [0.2, 0.25) is 0 Å². The molecule has 0 unspecified atom stereocenters. The predicted molar refractivity (Wildman–Crippen MR) is 80.2 cm³/mol. The highest BCUT2D eigenvalue weighted by Gasteiger charge is 2.08. The highest BCUT2D eigenvalue weighted by molar-refractivity contribution is 9.10. The lowest BCUT2D eigenvalue weighted by atomic mass is 10.1. The molecule has 0 bridgehead atoms. The maximum absolute atomic E-state index is 12.0. The van der Waals surface area contributed by atoms with E-state index >= 15 is 0 Å². The van der Waals surface area contributed by atoms with E-state index in [0.29, 0.717) is 11.3 Å². The number of nitrogens with one attached hydrogen (secondary N) is 1. The fraction of sp³-hybridized carbons (Fsp3) is 0.0667. The number of carbonyl (C=O) groups is 2. The molecule has 0 radical (unpaired) electrons. The van der Waals surface area contributed by atoms with Crippen LogP contribution in [-0.2, 0) is 0 Å². The largest absolute Gasteiger partial charge is 0.478 e. The van der Waals surface area contributed by atoms with Crippen molar-refractivity contribution in [2.45, 2.75) is 6.92 Å². The second kappa shape index (κ2) is 5.88. The van der Waals surface area contributed by atoms with Gasteiger partial charge in [0.25, 0.3) is 5.91 Å². The van der Waals surface area contributed by atoms with Gasteiger partial charge in [0.2, 0.25) is 0 Å². The quantitative estimate of drug-likeness (QED) is 0.899. The average Bonchev–Trinajstić information content (AvgIpc) is 2.43. The molecule has 2 aromatic rings. The summed E-state index contributed by atoms with van der Waals surface area (Å²) in [4.78, 5) is 22.8. The van der Waals surface area contributed by atoms with Crippen LogP contribution in [0.4, 0.5) is 5.69 Å². The molecule has 2 aromatic carbocycles. The lowest BCUT2D eigenvalue weighted by molar-refractivity contribution is 0.0696. The summed E-state index contributed by atoms with van der Waals surface area (Å²) in [5.41, 5.74) is 2.31. The number of halogens is 1. The van der Waals surface area contributed by atoms with Crippen LogP contribution in [0, 0.1) is 6.92 Å². The minimum atomic E-state index is -1.01. The molecule has 0 aliphatic heterocycles. The maximum Gasteiger partial charge on any atom is 0.335 e. The molecule has 0 aromatic heterocycles. The van der Waals surface area contributed by atoms with E-state index in [4.69, 9.17) is 5.11 Å². The van der Waals surface area contributed by atoms with Gasteiger partial charge >= 0.3 is 5.97 Å². The van der Waals surface area contributed by atoms with Gasteiger partial charge in [0, 0.05) is 15.7 Å². The number of carbonyl (C=O) groups excluding carboxylic acids is 1. The van der Waals surface area contributed by atoms with E-state index in [1.807, 2.05) is 25.1 Å². The molecule has 2 N–H and O–H groups in total. The van der Waals surface area contributed by atoms with Gasteiger partial charge in [-0.3, -0.25) is 4.79 Å². The van der Waals surface area contributed by atoms with E-state index in [1.54, 1.807) is 0 Å². The highest BCUT2D eigenvalue weighted by atomic mass is 79.9. The van der Waals surface area contributed by atoms with Gasteiger partial charge in [-0.1, -0.05) is 22.0 Å². The lowest BCUT2D eigenvalue weighted by Crippen LogP contribution is -2.12. The second-order valence-electron chi connectivity index (χ2n) is 4.30. The Balaban J connectivity index is 2.15. The molecule has 0 saturated heterocycles. The molecule has 0 fully saturated rings. The van der Waals surface area contributed by atoms with E-state index in [1.165, 1.54) is 24.3 Å². The van der Waals surface area contributed by atoms with Gasteiger partial charge in [-0.25, -0.2) is 4.79 Å². The average molecular weight is 334 g/mol. The van der Waals surface area contributed by atoms with Gasteiger partial charge in [0.15, 0.2) is 0 Å². The van der Waals surface area contributed by atoms with Crippen LogP contribution in [0.1, 0.15) is 26.3 Å². The Labute approximate surface area is 124 Å². The number of carboxylic acid groups (broad SMARTS) is 1. The Bertz CT molecular complexity index is 665. The molecule has 5 heteroatoms. The van der Waals surface area contributed by atoms with Crippen molar-refractivity contribution in [3.8, 4) is 0 Å².